The fourth-order valence-corrected chi connectivity index (χ4v) is 2.90. The quantitative estimate of drug-likeness (QED) is 0.741. The molecule has 2 aliphatic heterocycles. The van der Waals surface area contributed by atoms with E-state index in [0.29, 0.717) is 19.8 Å². The van der Waals surface area contributed by atoms with E-state index in [2.05, 4.69) is 10.2 Å². The molecule has 0 bridgehead atoms. The second-order valence-electron chi connectivity index (χ2n) is 4.96. The van der Waals surface area contributed by atoms with Crippen molar-refractivity contribution in [2.75, 3.05) is 46.0 Å². The summed E-state index contributed by atoms with van der Waals surface area (Å²) < 4.78 is 10.7. The van der Waals surface area contributed by atoms with E-state index >= 15 is 0 Å². The molecule has 104 valence electrons. The van der Waals surface area contributed by atoms with Crippen LogP contribution in [-0.4, -0.2) is 62.4 Å². The summed E-state index contributed by atoms with van der Waals surface area (Å²) in [6.07, 6.45) is 2.60. The second kappa shape index (κ2) is 6.50. The lowest BCUT2D eigenvalue weighted by molar-refractivity contribution is -0.165. The predicted octanol–water partition coefficient (Wildman–Crippen LogP) is 0.394. The number of rotatable bonds is 3. The SMILES string of the molecule is CCOC(=O)C1(N2CCCNCC2)CCOCC1. The van der Waals surface area contributed by atoms with Crippen molar-refractivity contribution in [3.63, 3.8) is 0 Å². The van der Waals surface area contributed by atoms with E-state index < -0.39 is 5.54 Å². The van der Waals surface area contributed by atoms with Gasteiger partial charge < -0.3 is 14.8 Å². The fourth-order valence-electron chi connectivity index (χ4n) is 2.90. The number of hydrogen-bond donors (Lipinski definition) is 1. The number of carbonyl (C=O) groups is 1. The van der Waals surface area contributed by atoms with Crippen LogP contribution in [0.1, 0.15) is 26.2 Å². The lowest BCUT2D eigenvalue weighted by atomic mass is 9.87. The summed E-state index contributed by atoms with van der Waals surface area (Å²) in [6, 6.07) is 0. The number of carbonyl (C=O) groups excluding carboxylic acids is 1. The Hall–Kier alpha value is -0.650. The van der Waals surface area contributed by atoms with Crippen LogP contribution in [0.3, 0.4) is 0 Å². The van der Waals surface area contributed by atoms with Crippen LogP contribution in [0, 0.1) is 0 Å². The molecule has 0 amide bonds. The monoisotopic (exact) mass is 256 g/mol. The summed E-state index contributed by atoms with van der Waals surface area (Å²) in [6.45, 7) is 7.49. The maximum atomic E-state index is 12.4. The minimum Gasteiger partial charge on any atom is -0.465 e. The highest BCUT2D eigenvalue weighted by molar-refractivity contribution is 5.81. The van der Waals surface area contributed by atoms with Gasteiger partial charge in [0.1, 0.15) is 5.54 Å². The average molecular weight is 256 g/mol. The highest BCUT2D eigenvalue weighted by atomic mass is 16.5. The summed E-state index contributed by atoms with van der Waals surface area (Å²) in [5, 5.41) is 3.38. The van der Waals surface area contributed by atoms with E-state index in [9.17, 15) is 4.79 Å². The lowest BCUT2D eigenvalue weighted by Crippen LogP contribution is -2.59. The molecule has 0 radical (unpaired) electrons. The van der Waals surface area contributed by atoms with Gasteiger partial charge in [-0.2, -0.15) is 0 Å². The molecule has 2 saturated heterocycles. The Bertz CT molecular complexity index is 269. The molecule has 0 atom stereocenters. The topological polar surface area (TPSA) is 50.8 Å². The van der Waals surface area contributed by atoms with Gasteiger partial charge in [-0.15, -0.1) is 0 Å². The smallest absolute Gasteiger partial charge is 0.326 e. The first-order valence-corrected chi connectivity index (χ1v) is 7.00. The molecule has 0 aromatic rings. The van der Waals surface area contributed by atoms with Crippen LogP contribution in [0.5, 0.6) is 0 Å². The molecule has 0 aromatic heterocycles. The van der Waals surface area contributed by atoms with Crippen molar-refractivity contribution in [2.45, 2.75) is 31.7 Å². The molecular formula is C13H24N2O3. The van der Waals surface area contributed by atoms with Crippen molar-refractivity contribution >= 4 is 5.97 Å². The molecule has 5 nitrogen and oxygen atoms in total. The van der Waals surface area contributed by atoms with Crippen molar-refractivity contribution in [3.05, 3.63) is 0 Å². The number of nitrogens with zero attached hydrogens (tertiary/aromatic N) is 1. The van der Waals surface area contributed by atoms with Crippen LogP contribution >= 0.6 is 0 Å². The highest BCUT2D eigenvalue weighted by Crippen LogP contribution is 2.30. The minimum absolute atomic E-state index is 0.0600. The number of ether oxygens (including phenoxy) is 2. The first kappa shape index (κ1) is 13.8. The third kappa shape index (κ3) is 2.84. The molecule has 0 aliphatic carbocycles. The summed E-state index contributed by atoms with van der Waals surface area (Å²) in [5.74, 6) is -0.0600. The van der Waals surface area contributed by atoms with Crippen LogP contribution in [0.15, 0.2) is 0 Å². The van der Waals surface area contributed by atoms with Crippen LogP contribution in [0.2, 0.25) is 0 Å². The first-order chi connectivity index (χ1) is 8.79. The van der Waals surface area contributed by atoms with Crippen molar-refractivity contribution in [2.24, 2.45) is 0 Å². The zero-order chi connectivity index (χ0) is 12.8. The van der Waals surface area contributed by atoms with Gasteiger partial charge in [-0.25, -0.2) is 0 Å². The first-order valence-electron chi connectivity index (χ1n) is 7.00. The predicted molar refractivity (Wildman–Crippen MR) is 68.5 cm³/mol. The average Bonchev–Trinajstić information content (AvgIpc) is 2.69. The summed E-state index contributed by atoms with van der Waals surface area (Å²) in [5.41, 5.74) is -0.444. The molecule has 1 N–H and O–H groups in total. The maximum Gasteiger partial charge on any atom is 0.326 e. The Morgan fingerprint density at radius 2 is 2.11 bits per heavy atom. The van der Waals surface area contributed by atoms with E-state index in [1.165, 1.54) is 0 Å². The zero-order valence-corrected chi connectivity index (χ0v) is 11.2. The highest BCUT2D eigenvalue weighted by Gasteiger charge is 2.46. The van der Waals surface area contributed by atoms with Gasteiger partial charge in [0.05, 0.1) is 6.61 Å². The largest absolute Gasteiger partial charge is 0.465 e. The van der Waals surface area contributed by atoms with Gasteiger partial charge in [0.15, 0.2) is 0 Å². The van der Waals surface area contributed by atoms with E-state index in [0.717, 1.165) is 45.4 Å². The Kier molecular flexibility index (Phi) is 4.97. The Morgan fingerprint density at radius 1 is 1.33 bits per heavy atom. The molecule has 2 aliphatic rings. The third-order valence-corrected chi connectivity index (χ3v) is 3.92. The third-order valence-electron chi connectivity index (χ3n) is 3.92. The summed E-state index contributed by atoms with van der Waals surface area (Å²) >= 11 is 0. The Balaban J connectivity index is 2.13. The van der Waals surface area contributed by atoms with E-state index in [1.54, 1.807) is 0 Å². The van der Waals surface area contributed by atoms with Crippen molar-refractivity contribution in [1.29, 1.82) is 0 Å². The number of nitrogens with one attached hydrogen (secondary N) is 1. The molecule has 0 saturated carbocycles. The lowest BCUT2D eigenvalue weighted by Gasteiger charge is -2.43. The Morgan fingerprint density at radius 3 is 2.83 bits per heavy atom. The van der Waals surface area contributed by atoms with Crippen molar-refractivity contribution < 1.29 is 14.3 Å². The van der Waals surface area contributed by atoms with E-state index in [1.807, 2.05) is 6.92 Å². The van der Waals surface area contributed by atoms with Gasteiger partial charge in [-0.1, -0.05) is 0 Å². The normalized spacial score (nSPS) is 25.4. The molecule has 0 unspecified atom stereocenters. The summed E-state index contributed by atoms with van der Waals surface area (Å²) in [4.78, 5) is 14.7. The molecule has 18 heavy (non-hydrogen) atoms. The van der Waals surface area contributed by atoms with Crippen molar-refractivity contribution in [1.82, 2.24) is 10.2 Å². The molecule has 2 rings (SSSR count). The molecule has 5 heteroatoms. The van der Waals surface area contributed by atoms with Gasteiger partial charge in [0.25, 0.3) is 0 Å². The zero-order valence-electron chi connectivity index (χ0n) is 11.2. The summed E-state index contributed by atoms with van der Waals surface area (Å²) in [7, 11) is 0. The maximum absolute atomic E-state index is 12.4. The van der Waals surface area contributed by atoms with Gasteiger partial charge in [-0.05, 0) is 32.7 Å². The fraction of sp³-hybridized carbons (Fsp3) is 0.923. The molecule has 2 heterocycles. The second-order valence-corrected chi connectivity index (χ2v) is 4.96. The molecule has 2 fully saturated rings. The van der Waals surface area contributed by atoms with Crippen molar-refractivity contribution in [3.8, 4) is 0 Å². The molecular weight excluding hydrogens is 232 g/mol. The van der Waals surface area contributed by atoms with Crippen LogP contribution < -0.4 is 5.32 Å². The van der Waals surface area contributed by atoms with Gasteiger partial charge >= 0.3 is 5.97 Å². The van der Waals surface area contributed by atoms with E-state index in [4.69, 9.17) is 9.47 Å². The van der Waals surface area contributed by atoms with Crippen LogP contribution in [0.25, 0.3) is 0 Å². The van der Waals surface area contributed by atoms with Gasteiger partial charge in [0.2, 0.25) is 0 Å². The molecule has 0 aromatic carbocycles. The standard InChI is InChI=1S/C13H24N2O3/c1-2-18-12(16)13(4-10-17-11-5-13)15-8-3-6-14-7-9-15/h14H,2-11H2,1H3. The number of esters is 1. The van der Waals surface area contributed by atoms with Gasteiger partial charge in [0, 0.05) is 32.8 Å². The minimum atomic E-state index is -0.444. The Labute approximate surface area is 109 Å². The van der Waals surface area contributed by atoms with Crippen LogP contribution in [0.4, 0.5) is 0 Å². The van der Waals surface area contributed by atoms with Crippen LogP contribution in [-0.2, 0) is 14.3 Å². The van der Waals surface area contributed by atoms with E-state index in [-0.39, 0.29) is 5.97 Å². The van der Waals surface area contributed by atoms with Gasteiger partial charge in [-0.3, -0.25) is 9.69 Å². The molecule has 0 spiro atoms. The number of hydrogen-bond acceptors (Lipinski definition) is 5.